The van der Waals surface area contributed by atoms with Gasteiger partial charge in [-0.15, -0.1) is 0 Å². The Balaban J connectivity index is 2.49. The third-order valence-electron chi connectivity index (χ3n) is 4.01. The first-order valence-electron chi connectivity index (χ1n) is 6.82. The van der Waals surface area contributed by atoms with Gasteiger partial charge in [-0.05, 0) is 75.4 Å². The number of benzene rings is 2. The van der Waals surface area contributed by atoms with E-state index in [1.165, 1.54) is 44.8 Å². The molecule has 0 aliphatic carbocycles. The number of nitrogens with one attached hydrogen (secondary N) is 1. The molecule has 1 N–H and O–H groups in total. The molecule has 1 heteroatoms. The zero-order valence-corrected chi connectivity index (χ0v) is 12.8. The Hall–Kier alpha value is -1.76. The molecular formula is C18H23N. The molecule has 0 aliphatic heterocycles. The molecule has 0 aliphatic rings. The fourth-order valence-corrected chi connectivity index (χ4v) is 2.49. The third kappa shape index (κ3) is 2.65. The Morgan fingerprint density at radius 2 is 1.26 bits per heavy atom. The summed E-state index contributed by atoms with van der Waals surface area (Å²) >= 11 is 0. The smallest absolute Gasteiger partial charge is 0.0449 e. The van der Waals surface area contributed by atoms with Gasteiger partial charge >= 0.3 is 0 Å². The largest absolute Gasteiger partial charge is 0.355 e. The molecule has 0 aromatic heterocycles. The lowest BCUT2D eigenvalue weighted by molar-refractivity contribution is 1.23. The molecule has 0 bridgehead atoms. The van der Waals surface area contributed by atoms with Crippen LogP contribution in [0.1, 0.15) is 33.4 Å². The van der Waals surface area contributed by atoms with Crippen molar-refractivity contribution in [2.24, 2.45) is 0 Å². The van der Waals surface area contributed by atoms with E-state index in [1.54, 1.807) is 0 Å². The predicted molar refractivity (Wildman–Crippen MR) is 84.6 cm³/mol. The molecule has 19 heavy (non-hydrogen) atoms. The molecule has 0 radical (unpaired) electrons. The van der Waals surface area contributed by atoms with Crippen LogP contribution in [0.4, 0.5) is 11.4 Å². The number of aryl methyl sites for hydroxylation is 4. The Bertz CT molecular complexity index is 598. The highest BCUT2D eigenvalue weighted by molar-refractivity contribution is 5.71. The zero-order chi connectivity index (χ0) is 14.2. The highest BCUT2D eigenvalue weighted by atomic mass is 14.9. The minimum absolute atomic E-state index is 1.20. The SMILES string of the molecule is Cc1ccc(Nc2c(C)c(C)cc(C)c2C)c(C)c1. The van der Waals surface area contributed by atoms with Crippen molar-refractivity contribution in [1.82, 2.24) is 0 Å². The quantitative estimate of drug-likeness (QED) is 0.767. The lowest BCUT2D eigenvalue weighted by Crippen LogP contribution is -2.01. The zero-order valence-electron chi connectivity index (χ0n) is 12.8. The van der Waals surface area contributed by atoms with Crippen molar-refractivity contribution < 1.29 is 0 Å². The first-order valence-corrected chi connectivity index (χ1v) is 6.82. The van der Waals surface area contributed by atoms with E-state index in [-0.39, 0.29) is 0 Å². The van der Waals surface area contributed by atoms with Crippen LogP contribution in [0.15, 0.2) is 24.3 Å². The second-order valence-electron chi connectivity index (χ2n) is 5.58. The molecule has 0 saturated heterocycles. The Kier molecular flexibility index (Phi) is 3.66. The van der Waals surface area contributed by atoms with Gasteiger partial charge < -0.3 is 5.32 Å². The highest BCUT2D eigenvalue weighted by Gasteiger charge is 2.09. The number of anilines is 2. The molecule has 2 aromatic carbocycles. The summed E-state index contributed by atoms with van der Waals surface area (Å²) < 4.78 is 0. The van der Waals surface area contributed by atoms with Crippen molar-refractivity contribution in [2.45, 2.75) is 41.5 Å². The Morgan fingerprint density at radius 1 is 0.684 bits per heavy atom. The summed E-state index contributed by atoms with van der Waals surface area (Å²) in [5, 5.41) is 3.62. The van der Waals surface area contributed by atoms with E-state index < -0.39 is 0 Å². The minimum Gasteiger partial charge on any atom is -0.355 e. The molecule has 0 unspecified atom stereocenters. The normalized spacial score (nSPS) is 10.6. The van der Waals surface area contributed by atoms with Gasteiger partial charge in [0.05, 0.1) is 0 Å². The number of rotatable bonds is 2. The fourth-order valence-electron chi connectivity index (χ4n) is 2.49. The van der Waals surface area contributed by atoms with E-state index in [9.17, 15) is 0 Å². The van der Waals surface area contributed by atoms with Gasteiger partial charge in [0.15, 0.2) is 0 Å². The molecule has 0 heterocycles. The maximum absolute atomic E-state index is 3.62. The predicted octanol–water partition coefficient (Wildman–Crippen LogP) is 5.28. The highest BCUT2D eigenvalue weighted by Crippen LogP contribution is 2.30. The summed E-state index contributed by atoms with van der Waals surface area (Å²) in [5.74, 6) is 0. The summed E-state index contributed by atoms with van der Waals surface area (Å²) in [7, 11) is 0. The summed E-state index contributed by atoms with van der Waals surface area (Å²) in [6, 6.07) is 8.80. The molecule has 2 rings (SSSR count). The van der Waals surface area contributed by atoms with Crippen LogP contribution < -0.4 is 5.32 Å². The van der Waals surface area contributed by atoms with Crippen LogP contribution in [0.25, 0.3) is 0 Å². The van der Waals surface area contributed by atoms with Crippen LogP contribution in [-0.2, 0) is 0 Å². The van der Waals surface area contributed by atoms with Crippen LogP contribution in [0, 0.1) is 41.5 Å². The van der Waals surface area contributed by atoms with Crippen molar-refractivity contribution in [1.29, 1.82) is 0 Å². The monoisotopic (exact) mass is 253 g/mol. The molecule has 0 amide bonds. The van der Waals surface area contributed by atoms with Crippen LogP contribution in [0.3, 0.4) is 0 Å². The van der Waals surface area contributed by atoms with Crippen molar-refractivity contribution in [2.75, 3.05) is 5.32 Å². The fraction of sp³-hybridized carbons (Fsp3) is 0.333. The first-order chi connectivity index (χ1) is 8.90. The van der Waals surface area contributed by atoms with Gasteiger partial charge in [0.2, 0.25) is 0 Å². The average molecular weight is 253 g/mol. The van der Waals surface area contributed by atoms with Crippen LogP contribution in [0.2, 0.25) is 0 Å². The van der Waals surface area contributed by atoms with E-state index in [0.717, 1.165) is 0 Å². The molecule has 100 valence electrons. The molecule has 0 spiro atoms. The van der Waals surface area contributed by atoms with Crippen molar-refractivity contribution >= 4 is 11.4 Å². The standard InChI is InChI=1S/C18H23N/c1-11-7-8-17(14(4)9-11)19-18-15(5)12(2)10-13(3)16(18)6/h7-10,19H,1-6H3. The van der Waals surface area contributed by atoms with E-state index in [4.69, 9.17) is 0 Å². The Morgan fingerprint density at radius 3 is 1.79 bits per heavy atom. The summed E-state index contributed by atoms with van der Waals surface area (Å²) in [6.07, 6.45) is 0. The molecule has 1 nitrogen and oxygen atoms in total. The van der Waals surface area contributed by atoms with Gasteiger partial charge in [0.1, 0.15) is 0 Å². The van der Waals surface area contributed by atoms with Crippen LogP contribution in [0.5, 0.6) is 0 Å². The summed E-state index contributed by atoms with van der Waals surface area (Å²) in [6.45, 7) is 13.0. The van der Waals surface area contributed by atoms with E-state index >= 15 is 0 Å². The van der Waals surface area contributed by atoms with Gasteiger partial charge in [-0.25, -0.2) is 0 Å². The lowest BCUT2D eigenvalue weighted by Gasteiger charge is -2.18. The summed E-state index contributed by atoms with van der Waals surface area (Å²) in [4.78, 5) is 0. The van der Waals surface area contributed by atoms with Crippen LogP contribution >= 0.6 is 0 Å². The van der Waals surface area contributed by atoms with Gasteiger partial charge in [0, 0.05) is 11.4 Å². The molecule has 0 fully saturated rings. The van der Waals surface area contributed by atoms with Crippen molar-refractivity contribution in [3.63, 3.8) is 0 Å². The second kappa shape index (κ2) is 5.08. The Labute approximate surface area is 116 Å². The maximum Gasteiger partial charge on any atom is 0.0449 e. The summed E-state index contributed by atoms with van der Waals surface area (Å²) in [5.41, 5.74) is 10.4. The molecular weight excluding hydrogens is 230 g/mol. The van der Waals surface area contributed by atoms with Crippen LogP contribution in [-0.4, -0.2) is 0 Å². The van der Waals surface area contributed by atoms with E-state index in [2.05, 4.69) is 71.1 Å². The molecule has 2 aromatic rings. The minimum atomic E-state index is 1.20. The van der Waals surface area contributed by atoms with Gasteiger partial charge in [0.25, 0.3) is 0 Å². The lowest BCUT2D eigenvalue weighted by atomic mass is 9.98. The first kappa shape index (κ1) is 13.7. The van der Waals surface area contributed by atoms with Gasteiger partial charge in [-0.1, -0.05) is 23.8 Å². The number of hydrogen-bond acceptors (Lipinski definition) is 1. The van der Waals surface area contributed by atoms with Gasteiger partial charge in [-0.2, -0.15) is 0 Å². The third-order valence-corrected chi connectivity index (χ3v) is 4.01. The van der Waals surface area contributed by atoms with Crippen molar-refractivity contribution in [3.05, 3.63) is 57.6 Å². The van der Waals surface area contributed by atoms with Crippen molar-refractivity contribution in [3.8, 4) is 0 Å². The topological polar surface area (TPSA) is 12.0 Å². The van der Waals surface area contributed by atoms with Gasteiger partial charge in [-0.3, -0.25) is 0 Å². The maximum atomic E-state index is 3.62. The second-order valence-corrected chi connectivity index (χ2v) is 5.58. The number of hydrogen-bond donors (Lipinski definition) is 1. The van der Waals surface area contributed by atoms with E-state index in [0.29, 0.717) is 0 Å². The molecule has 0 atom stereocenters. The van der Waals surface area contributed by atoms with E-state index in [1.807, 2.05) is 0 Å². The molecule has 0 saturated carbocycles. The average Bonchev–Trinajstić information content (AvgIpc) is 2.34.